The van der Waals surface area contributed by atoms with Crippen LogP contribution < -0.4 is 0 Å². The van der Waals surface area contributed by atoms with Gasteiger partial charge < -0.3 is 8.83 Å². The Morgan fingerprint density at radius 1 is 0.408 bits per heavy atom. The lowest BCUT2D eigenvalue weighted by Crippen LogP contribution is -2.15. The molecule has 0 saturated heterocycles. The number of para-hydroxylation sites is 1. The molecule has 0 N–H and O–H groups in total. The highest BCUT2D eigenvalue weighted by atomic mass is 16.3. The van der Waals surface area contributed by atoms with E-state index in [2.05, 4.69) is 153 Å². The van der Waals surface area contributed by atoms with Crippen LogP contribution in [0.25, 0.3) is 98.8 Å². The van der Waals surface area contributed by atoms with Crippen molar-refractivity contribution in [2.24, 2.45) is 0 Å². The van der Waals surface area contributed by atoms with E-state index in [1.165, 1.54) is 60.7 Å². The molecule has 0 atom stereocenters. The lowest BCUT2D eigenvalue weighted by molar-refractivity contribution is 0.661. The van der Waals surface area contributed by atoms with E-state index in [-0.39, 0.29) is 5.41 Å². The summed E-state index contributed by atoms with van der Waals surface area (Å²) in [5, 5.41) is 9.44. The summed E-state index contributed by atoms with van der Waals surface area (Å²) in [5.41, 5.74) is 13.6. The number of benzene rings is 8. The van der Waals surface area contributed by atoms with E-state index in [1.54, 1.807) is 0 Å². The monoisotopic (exact) mass is 626 g/mol. The Balaban J connectivity index is 1.24. The number of furan rings is 2. The van der Waals surface area contributed by atoms with E-state index in [1.807, 2.05) is 6.07 Å². The van der Waals surface area contributed by atoms with Crippen molar-refractivity contribution in [2.75, 3.05) is 0 Å². The Morgan fingerprint density at radius 2 is 1.14 bits per heavy atom. The molecule has 0 amide bonds. The third-order valence-corrected chi connectivity index (χ3v) is 11.0. The summed E-state index contributed by atoms with van der Waals surface area (Å²) in [5.74, 6) is 0. The second-order valence-electron chi connectivity index (χ2n) is 14.1. The molecular weight excluding hydrogens is 597 g/mol. The lowest BCUT2D eigenvalue weighted by Gasteiger charge is -2.23. The first-order valence-corrected chi connectivity index (χ1v) is 17.0. The first kappa shape index (κ1) is 26.9. The third kappa shape index (κ3) is 3.66. The molecule has 2 heterocycles. The molecule has 0 fully saturated rings. The van der Waals surface area contributed by atoms with Gasteiger partial charge >= 0.3 is 0 Å². The van der Waals surface area contributed by atoms with Gasteiger partial charge in [-0.25, -0.2) is 0 Å². The van der Waals surface area contributed by atoms with E-state index < -0.39 is 0 Å². The van der Waals surface area contributed by atoms with E-state index in [9.17, 15) is 0 Å². The zero-order valence-electron chi connectivity index (χ0n) is 27.2. The molecule has 2 heteroatoms. The van der Waals surface area contributed by atoms with Gasteiger partial charge in [0.1, 0.15) is 22.3 Å². The van der Waals surface area contributed by atoms with E-state index in [0.29, 0.717) is 0 Å². The first-order valence-electron chi connectivity index (χ1n) is 17.0. The second kappa shape index (κ2) is 9.49. The van der Waals surface area contributed by atoms with Crippen LogP contribution in [0.1, 0.15) is 25.0 Å². The van der Waals surface area contributed by atoms with Gasteiger partial charge in [0.15, 0.2) is 0 Å². The molecule has 2 aromatic heterocycles. The van der Waals surface area contributed by atoms with Gasteiger partial charge in [-0.15, -0.1) is 0 Å². The van der Waals surface area contributed by atoms with Crippen LogP contribution in [-0.4, -0.2) is 0 Å². The summed E-state index contributed by atoms with van der Waals surface area (Å²) in [6, 6.07) is 52.9. The van der Waals surface area contributed by atoms with Gasteiger partial charge in [-0.2, -0.15) is 0 Å². The minimum absolute atomic E-state index is 0.200. The Bertz CT molecular complexity index is 3020. The summed E-state index contributed by atoms with van der Waals surface area (Å²) in [6.45, 7) is 4.76. The molecule has 0 bridgehead atoms. The molecule has 1 aliphatic rings. The van der Waals surface area contributed by atoms with Crippen molar-refractivity contribution in [3.8, 4) is 33.4 Å². The summed E-state index contributed by atoms with van der Waals surface area (Å²) < 4.78 is 12.9. The van der Waals surface area contributed by atoms with Gasteiger partial charge in [-0.05, 0) is 115 Å². The molecule has 0 saturated carbocycles. The van der Waals surface area contributed by atoms with E-state index >= 15 is 0 Å². The minimum Gasteiger partial charge on any atom is -0.456 e. The maximum Gasteiger partial charge on any atom is 0.143 e. The number of fused-ring (bicyclic) bond motifs is 12. The van der Waals surface area contributed by atoms with Crippen LogP contribution in [-0.2, 0) is 5.41 Å². The van der Waals surface area contributed by atoms with Gasteiger partial charge in [0, 0.05) is 32.3 Å². The lowest BCUT2D eigenvalue weighted by atomic mass is 9.80. The Labute approximate surface area is 282 Å². The molecule has 230 valence electrons. The zero-order chi connectivity index (χ0) is 32.4. The summed E-state index contributed by atoms with van der Waals surface area (Å²) >= 11 is 0. The molecule has 0 radical (unpaired) electrons. The quantitative estimate of drug-likeness (QED) is 0.191. The van der Waals surface area contributed by atoms with Crippen LogP contribution in [0.3, 0.4) is 0 Å². The number of hydrogen-bond donors (Lipinski definition) is 0. The SMILES string of the molecule is CC1(C)c2cc3ccccc3cc2-c2c(-c3ccc4oc5ccccc5c4c3)cc(-c3cccc4oc5c6ccccc6ccc5c34)cc21. The molecule has 0 aliphatic heterocycles. The molecule has 0 spiro atoms. The highest BCUT2D eigenvalue weighted by Crippen LogP contribution is 2.55. The molecule has 1 aliphatic carbocycles. The average molecular weight is 627 g/mol. The third-order valence-electron chi connectivity index (χ3n) is 11.0. The van der Waals surface area contributed by atoms with Crippen LogP contribution in [0, 0.1) is 0 Å². The molecule has 10 aromatic rings. The fraction of sp³-hybridized carbons (Fsp3) is 0.0638. The van der Waals surface area contributed by atoms with Crippen molar-refractivity contribution in [3.63, 3.8) is 0 Å². The first-order chi connectivity index (χ1) is 24.0. The predicted octanol–water partition coefficient (Wildman–Crippen LogP) is 13.4. The number of hydrogen-bond acceptors (Lipinski definition) is 2. The van der Waals surface area contributed by atoms with Gasteiger partial charge in [0.2, 0.25) is 0 Å². The van der Waals surface area contributed by atoms with Crippen LogP contribution in [0.15, 0.2) is 154 Å². The summed E-state index contributed by atoms with van der Waals surface area (Å²) in [6.07, 6.45) is 0. The molecule has 49 heavy (non-hydrogen) atoms. The van der Waals surface area contributed by atoms with Crippen molar-refractivity contribution >= 4 is 65.4 Å². The van der Waals surface area contributed by atoms with E-state index in [4.69, 9.17) is 8.83 Å². The van der Waals surface area contributed by atoms with Crippen molar-refractivity contribution in [3.05, 3.63) is 157 Å². The molecule has 2 nitrogen and oxygen atoms in total. The van der Waals surface area contributed by atoms with Crippen LogP contribution in [0.5, 0.6) is 0 Å². The fourth-order valence-corrected chi connectivity index (χ4v) is 8.61. The number of rotatable bonds is 2. The zero-order valence-corrected chi connectivity index (χ0v) is 27.2. The van der Waals surface area contributed by atoms with Gasteiger partial charge in [-0.1, -0.05) is 105 Å². The second-order valence-corrected chi connectivity index (χ2v) is 14.1. The van der Waals surface area contributed by atoms with Crippen molar-refractivity contribution in [2.45, 2.75) is 19.3 Å². The fourth-order valence-electron chi connectivity index (χ4n) is 8.61. The topological polar surface area (TPSA) is 26.3 Å². The highest BCUT2D eigenvalue weighted by molar-refractivity contribution is 6.19. The van der Waals surface area contributed by atoms with Crippen LogP contribution in [0.4, 0.5) is 0 Å². The minimum atomic E-state index is -0.200. The largest absolute Gasteiger partial charge is 0.456 e. The standard InChI is InChI=1S/C47H30O2/c1-47(2)39-25-29-12-4-3-11-28(29)22-38(39)44-36(30-19-21-42-37(23-30)34-14-7-8-16-41(34)48-42)24-31(26-40(44)47)32-15-9-17-43-45(32)35-20-18-27-10-5-6-13-33(27)46(35)49-43/h3-26H,1-2H3. The van der Waals surface area contributed by atoms with Gasteiger partial charge in [0.25, 0.3) is 0 Å². The highest BCUT2D eigenvalue weighted by Gasteiger charge is 2.38. The van der Waals surface area contributed by atoms with Crippen molar-refractivity contribution < 1.29 is 8.83 Å². The molecule has 8 aromatic carbocycles. The van der Waals surface area contributed by atoms with Gasteiger partial charge in [0.05, 0.1) is 0 Å². The smallest absolute Gasteiger partial charge is 0.143 e. The van der Waals surface area contributed by atoms with E-state index in [0.717, 1.165) is 49.3 Å². The Morgan fingerprint density at radius 3 is 2.02 bits per heavy atom. The normalized spacial score (nSPS) is 13.7. The maximum atomic E-state index is 6.64. The van der Waals surface area contributed by atoms with Crippen LogP contribution >= 0.6 is 0 Å². The van der Waals surface area contributed by atoms with Gasteiger partial charge in [-0.3, -0.25) is 0 Å². The Kier molecular flexibility index (Phi) is 5.21. The predicted molar refractivity (Wildman–Crippen MR) is 204 cm³/mol. The maximum absolute atomic E-state index is 6.64. The van der Waals surface area contributed by atoms with Crippen molar-refractivity contribution in [1.29, 1.82) is 0 Å². The van der Waals surface area contributed by atoms with Crippen molar-refractivity contribution in [1.82, 2.24) is 0 Å². The molecule has 0 unspecified atom stereocenters. The average Bonchev–Trinajstić information content (AvgIpc) is 3.78. The molecule has 11 rings (SSSR count). The van der Waals surface area contributed by atoms with Crippen LogP contribution in [0.2, 0.25) is 0 Å². The Hall–Kier alpha value is -6.12. The summed E-state index contributed by atoms with van der Waals surface area (Å²) in [4.78, 5) is 0. The summed E-state index contributed by atoms with van der Waals surface area (Å²) in [7, 11) is 0. The molecular formula is C47H30O2.